The molecule has 2 heteroatoms. The van der Waals surface area contributed by atoms with Crippen molar-refractivity contribution in [1.82, 2.24) is 0 Å². The number of fused-ring (bicyclic) bond motifs is 1. The normalized spacial score (nSPS) is 15.6. The summed E-state index contributed by atoms with van der Waals surface area (Å²) in [6.07, 6.45) is 2.35. The number of benzene rings is 2. The number of hydrogen-bond donors (Lipinski definition) is 0. The van der Waals surface area contributed by atoms with Gasteiger partial charge in [-0.05, 0) is 65.5 Å². The van der Waals surface area contributed by atoms with E-state index in [1.807, 2.05) is 33.8 Å². The molecule has 25 heavy (non-hydrogen) atoms. The number of rotatable bonds is 3. The van der Waals surface area contributed by atoms with Crippen LogP contribution >= 0.6 is 0 Å². The van der Waals surface area contributed by atoms with Gasteiger partial charge in [0.2, 0.25) is 0 Å². The molecule has 0 aromatic heterocycles. The van der Waals surface area contributed by atoms with Crippen molar-refractivity contribution in [2.24, 2.45) is 0 Å². The molecule has 3 rings (SSSR count). The van der Waals surface area contributed by atoms with Crippen LogP contribution in [0.4, 0.5) is 4.39 Å². The summed E-state index contributed by atoms with van der Waals surface area (Å²) in [6.45, 7) is 12.5. The zero-order valence-corrected chi connectivity index (χ0v) is 16.7. The van der Waals surface area contributed by atoms with Crippen LogP contribution in [0.3, 0.4) is 0 Å². The Morgan fingerprint density at radius 2 is 1.76 bits per heavy atom. The molecule has 0 bridgehead atoms. The Morgan fingerprint density at radius 1 is 1.08 bits per heavy atom. The molecule has 136 valence electrons. The molecule has 0 spiro atoms. The lowest BCUT2D eigenvalue weighted by molar-refractivity contribution is 0.412. The predicted octanol–water partition coefficient (Wildman–Crippen LogP) is 7.01. The average molecular weight is 342 g/mol. The lowest BCUT2D eigenvalue weighted by Gasteiger charge is -2.17. The van der Waals surface area contributed by atoms with E-state index in [0.717, 1.165) is 23.1 Å². The van der Waals surface area contributed by atoms with Gasteiger partial charge in [-0.1, -0.05) is 46.8 Å². The van der Waals surface area contributed by atoms with E-state index in [1.54, 1.807) is 7.11 Å². The molecule has 0 fully saturated rings. The smallest absolute Gasteiger partial charge is 0.130 e. The minimum atomic E-state index is -0.187. The highest BCUT2D eigenvalue weighted by atomic mass is 19.1. The Bertz CT molecular complexity index is 746. The minimum Gasteiger partial charge on any atom is -0.496 e. The first kappa shape index (κ1) is 19.5. The Balaban J connectivity index is 0.00000109. The Labute approximate surface area is 152 Å². The second-order valence-electron chi connectivity index (χ2n) is 7.03. The van der Waals surface area contributed by atoms with Crippen LogP contribution in [-0.4, -0.2) is 7.11 Å². The molecule has 1 aliphatic carbocycles. The van der Waals surface area contributed by atoms with Gasteiger partial charge in [-0.3, -0.25) is 0 Å². The Morgan fingerprint density at radius 3 is 2.36 bits per heavy atom. The van der Waals surface area contributed by atoms with Gasteiger partial charge >= 0.3 is 0 Å². The molecule has 1 aliphatic rings. The van der Waals surface area contributed by atoms with Crippen LogP contribution in [0.1, 0.15) is 75.1 Å². The fraction of sp³-hybridized carbons (Fsp3) is 0.478. The van der Waals surface area contributed by atoms with Crippen LogP contribution in [0.2, 0.25) is 0 Å². The number of hydrogen-bond acceptors (Lipinski definition) is 1. The summed E-state index contributed by atoms with van der Waals surface area (Å²) >= 11 is 0. The van der Waals surface area contributed by atoms with E-state index in [9.17, 15) is 4.39 Å². The zero-order chi connectivity index (χ0) is 18.7. The molecule has 2 aromatic carbocycles. The predicted molar refractivity (Wildman–Crippen MR) is 105 cm³/mol. The molecule has 1 unspecified atom stereocenters. The summed E-state index contributed by atoms with van der Waals surface area (Å²) in [6, 6.07) is 8.08. The number of ether oxygens (including phenoxy) is 1. The monoisotopic (exact) mass is 342 g/mol. The van der Waals surface area contributed by atoms with Gasteiger partial charge in [0, 0.05) is 11.6 Å². The molecule has 0 aliphatic heterocycles. The van der Waals surface area contributed by atoms with Crippen molar-refractivity contribution in [3.8, 4) is 16.9 Å². The summed E-state index contributed by atoms with van der Waals surface area (Å²) in [5.41, 5.74) is 7.03. The summed E-state index contributed by atoms with van der Waals surface area (Å²) in [7, 11) is 1.61. The average Bonchev–Trinajstić information content (AvgIpc) is 2.95. The lowest BCUT2D eigenvalue weighted by atomic mass is 9.90. The maximum atomic E-state index is 14.3. The van der Waals surface area contributed by atoms with Gasteiger partial charge in [-0.2, -0.15) is 0 Å². The standard InChI is InChI=1S/C21H25FO.C2H6/c1-12(2)16-10-19(21(23-5)11-20(16)22)18-9-15-7-6-13(3)17(15)8-14(18)4;1-2/h8-13H,6-7H2,1-5H3;1-2H3. The van der Waals surface area contributed by atoms with Crippen molar-refractivity contribution in [3.05, 3.63) is 52.3 Å². The highest BCUT2D eigenvalue weighted by Gasteiger charge is 2.22. The number of halogens is 1. The van der Waals surface area contributed by atoms with Crippen LogP contribution in [-0.2, 0) is 6.42 Å². The van der Waals surface area contributed by atoms with E-state index in [2.05, 4.69) is 26.0 Å². The first-order valence-corrected chi connectivity index (χ1v) is 9.43. The molecule has 0 saturated carbocycles. The molecule has 0 N–H and O–H groups in total. The third kappa shape index (κ3) is 3.73. The minimum absolute atomic E-state index is 0.148. The van der Waals surface area contributed by atoms with Crippen molar-refractivity contribution >= 4 is 0 Å². The topological polar surface area (TPSA) is 9.23 Å². The fourth-order valence-corrected chi connectivity index (χ4v) is 3.66. The summed E-state index contributed by atoms with van der Waals surface area (Å²) in [5, 5.41) is 0. The van der Waals surface area contributed by atoms with Crippen LogP contribution in [0.5, 0.6) is 5.75 Å². The van der Waals surface area contributed by atoms with E-state index < -0.39 is 0 Å². The Kier molecular flexibility index (Phi) is 6.26. The quantitative estimate of drug-likeness (QED) is 0.583. The van der Waals surface area contributed by atoms with Crippen molar-refractivity contribution in [1.29, 1.82) is 0 Å². The summed E-state index contributed by atoms with van der Waals surface area (Å²) in [5.74, 6) is 1.21. The van der Waals surface area contributed by atoms with Crippen molar-refractivity contribution in [2.75, 3.05) is 7.11 Å². The highest BCUT2D eigenvalue weighted by Crippen LogP contribution is 2.41. The third-order valence-corrected chi connectivity index (χ3v) is 5.09. The van der Waals surface area contributed by atoms with Gasteiger partial charge in [-0.15, -0.1) is 0 Å². The number of aryl methyl sites for hydroxylation is 2. The van der Waals surface area contributed by atoms with Gasteiger partial charge in [0.1, 0.15) is 11.6 Å². The van der Waals surface area contributed by atoms with Gasteiger partial charge < -0.3 is 4.74 Å². The Hall–Kier alpha value is -1.83. The summed E-state index contributed by atoms with van der Waals surface area (Å²) in [4.78, 5) is 0. The first-order chi connectivity index (χ1) is 11.9. The van der Waals surface area contributed by atoms with Gasteiger partial charge in [0.25, 0.3) is 0 Å². The third-order valence-electron chi connectivity index (χ3n) is 5.09. The van der Waals surface area contributed by atoms with E-state index in [1.165, 1.54) is 29.2 Å². The maximum Gasteiger partial charge on any atom is 0.130 e. The largest absolute Gasteiger partial charge is 0.496 e. The fourth-order valence-electron chi connectivity index (χ4n) is 3.66. The van der Waals surface area contributed by atoms with E-state index in [4.69, 9.17) is 4.74 Å². The molecule has 2 aromatic rings. The van der Waals surface area contributed by atoms with Crippen molar-refractivity contribution in [2.45, 2.75) is 66.2 Å². The van der Waals surface area contributed by atoms with Gasteiger partial charge in [-0.25, -0.2) is 4.39 Å². The number of methoxy groups -OCH3 is 1. The van der Waals surface area contributed by atoms with E-state index in [-0.39, 0.29) is 11.7 Å². The van der Waals surface area contributed by atoms with E-state index >= 15 is 0 Å². The van der Waals surface area contributed by atoms with Gasteiger partial charge in [0.05, 0.1) is 7.11 Å². The molecule has 0 radical (unpaired) electrons. The lowest BCUT2D eigenvalue weighted by Crippen LogP contribution is -1.99. The van der Waals surface area contributed by atoms with Crippen LogP contribution in [0, 0.1) is 12.7 Å². The molecule has 0 amide bonds. The molecular formula is C23H31FO. The van der Waals surface area contributed by atoms with Crippen molar-refractivity contribution < 1.29 is 9.13 Å². The molecular weight excluding hydrogens is 311 g/mol. The van der Waals surface area contributed by atoms with Crippen LogP contribution in [0.25, 0.3) is 11.1 Å². The SMILES string of the molecule is CC.COc1cc(F)c(C(C)C)cc1-c1cc2c(cc1C)C(C)CC2. The van der Waals surface area contributed by atoms with Crippen LogP contribution < -0.4 is 4.74 Å². The van der Waals surface area contributed by atoms with E-state index in [0.29, 0.717) is 11.7 Å². The molecule has 1 atom stereocenters. The second-order valence-corrected chi connectivity index (χ2v) is 7.03. The molecule has 0 heterocycles. The van der Waals surface area contributed by atoms with Crippen molar-refractivity contribution in [3.63, 3.8) is 0 Å². The first-order valence-electron chi connectivity index (χ1n) is 9.43. The van der Waals surface area contributed by atoms with Crippen LogP contribution in [0.15, 0.2) is 24.3 Å². The maximum absolute atomic E-state index is 14.3. The molecule has 0 saturated heterocycles. The summed E-state index contributed by atoms with van der Waals surface area (Å²) < 4.78 is 19.7. The highest BCUT2D eigenvalue weighted by molar-refractivity contribution is 5.75. The van der Waals surface area contributed by atoms with Gasteiger partial charge in [0.15, 0.2) is 0 Å². The molecule has 1 nitrogen and oxygen atoms in total. The second kappa shape index (κ2) is 8.03. The zero-order valence-electron chi connectivity index (χ0n) is 16.7.